The van der Waals surface area contributed by atoms with Gasteiger partial charge in [-0.3, -0.25) is 0 Å². The predicted octanol–water partition coefficient (Wildman–Crippen LogP) is 1.18. The molecule has 10 heteroatoms. The molecule has 4 heterocycles. The first-order chi connectivity index (χ1) is 17.6. The summed E-state index contributed by atoms with van der Waals surface area (Å²) in [7, 11) is 0. The van der Waals surface area contributed by atoms with Crippen LogP contribution in [0.15, 0.2) is 104 Å². The van der Waals surface area contributed by atoms with Crippen LogP contribution >= 0.6 is 0 Å². The van der Waals surface area contributed by atoms with Crippen LogP contribution in [0, 0.1) is 11.8 Å². The topological polar surface area (TPSA) is 97.9 Å². The van der Waals surface area contributed by atoms with Gasteiger partial charge >= 0.3 is 22.8 Å². The molecule has 4 unspecified atom stereocenters. The Hall–Kier alpha value is -4.60. The van der Waals surface area contributed by atoms with Gasteiger partial charge in [0.05, 0.1) is 35.5 Å². The third kappa shape index (κ3) is 2.13. The summed E-state index contributed by atoms with van der Waals surface area (Å²) in [4.78, 5) is 53.7. The van der Waals surface area contributed by atoms with Crippen molar-refractivity contribution >= 4 is 0 Å². The fourth-order valence-corrected chi connectivity index (χ4v) is 6.88. The summed E-state index contributed by atoms with van der Waals surface area (Å²) in [5.74, 6) is -0.255. The fraction of sp³-hybridized carbons (Fsp3) is 0.231. The Morgan fingerprint density at radius 1 is 0.417 bits per heavy atom. The highest BCUT2D eigenvalue weighted by molar-refractivity contribution is 5.34. The molecular weight excluding hydrogens is 460 g/mol. The van der Waals surface area contributed by atoms with Crippen molar-refractivity contribution in [3.05, 3.63) is 127 Å². The molecule has 0 fully saturated rings. The number of benzene rings is 2. The van der Waals surface area contributed by atoms with E-state index in [4.69, 9.17) is 0 Å². The van der Waals surface area contributed by atoms with E-state index in [0.29, 0.717) is 11.4 Å². The van der Waals surface area contributed by atoms with Crippen LogP contribution in [0.1, 0.15) is 24.2 Å². The SMILES string of the molecule is O=c1n(-c2ccccc2)c(=O)n2n1C1C=CC2C1C1C2C=CC1n1c(=O)n(-c3ccccc3)c(=O)n12. The van der Waals surface area contributed by atoms with Crippen LogP contribution < -0.4 is 22.8 Å². The Morgan fingerprint density at radius 3 is 0.972 bits per heavy atom. The van der Waals surface area contributed by atoms with Gasteiger partial charge in [0.15, 0.2) is 0 Å². The van der Waals surface area contributed by atoms with Crippen LogP contribution in [0.3, 0.4) is 0 Å². The minimum absolute atomic E-state index is 0.128. The normalized spacial score (nSPS) is 28.2. The van der Waals surface area contributed by atoms with Crippen molar-refractivity contribution in [2.24, 2.45) is 11.8 Å². The molecule has 10 nitrogen and oxygen atoms in total. The molecule has 4 aliphatic rings. The Labute approximate surface area is 202 Å². The van der Waals surface area contributed by atoms with Crippen molar-refractivity contribution in [3.8, 4) is 11.4 Å². The second-order valence-electron chi connectivity index (χ2n) is 9.74. The number of nitrogens with zero attached hydrogens (tertiary/aromatic N) is 6. The number of allylic oxidation sites excluding steroid dienone is 4. The highest BCUT2D eigenvalue weighted by atomic mass is 16.2. The molecule has 0 amide bonds. The molecule has 0 radical (unpaired) electrons. The summed E-state index contributed by atoms with van der Waals surface area (Å²) in [6.45, 7) is 0. The zero-order valence-corrected chi connectivity index (χ0v) is 18.9. The Morgan fingerprint density at radius 2 is 0.694 bits per heavy atom. The molecule has 0 N–H and O–H groups in total. The van der Waals surface area contributed by atoms with E-state index in [2.05, 4.69) is 0 Å². The largest absolute Gasteiger partial charge is 0.352 e. The van der Waals surface area contributed by atoms with Gasteiger partial charge in [0, 0.05) is 11.8 Å². The minimum atomic E-state index is -0.380. The van der Waals surface area contributed by atoms with E-state index in [1.165, 1.54) is 9.13 Å². The number of hydrogen-bond donors (Lipinski definition) is 0. The van der Waals surface area contributed by atoms with Crippen molar-refractivity contribution < 1.29 is 0 Å². The van der Waals surface area contributed by atoms with Gasteiger partial charge in [-0.25, -0.2) is 47.0 Å². The highest BCUT2D eigenvalue weighted by Crippen LogP contribution is 2.57. The van der Waals surface area contributed by atoms with Crippen molar-refractivity contribution in [1.29, 1.82) is 0 Å². The van der Waals surface area contributed by atoms with Crippen molar-refractivity contribution in [2.75, 3.05) is 0 Å². The van der Waals surface area contributed by atoms with E-state index >= 15 is 0 Å². The molecule has 2 aromatic heterocycles. The fourth-order valence-electron chi connectivity index (χ4n) is 6.88. The van der Waals surface area contributed by atoms with E-state index in [1.807, 2.05) is 36.4 Å². The average molecular weight is 480 g/mol. The smallest absolute Gasteiger partial charge is 0.245 e. The van der Waals surface area contributed by atoms with E-state index < -0.39 is 0 Å². The van der Waals surface area contributed by atoms with Crippen LogP contribution in [-0.2, 0) is 0 Å². The van der Waals surface area contributed by atoms with Crippen molar-refractivity contribution in [2.45, 2.75) is 24.2 Å². The van der Waals surface area contributed by atoms with Gasteiger partial charge in [0.2, 0.25) is 0 Å². The van der Waals surface area contributed by atoms with Crippen LogP contribution in [0.4, 0.5) is 0 Å². The molecule has 4 atom stereocenters. The Kier molecular flexibility index (Phi) is 3.57. The zero-order chi connectivity index (χ0) is 24.3. The Bertz CT molecular complexity index is 1630. The molecule has 4 bridgehead atoms. The number of aromatic nitrogens is 6. The second kappa shape index (κ2) is 6.54. The van der Waals surface area contributed by atoms with Crippen LogP contribution in [0.5, 0.6) is 0 Å². The lowest BCUT2D eigenvalue weighted by Gasteiger charge is -2.25. The maximum absolute atomic E-state index is 13.4. The first-order valence-corrected chi connectivity index (χ1v) is 12.0. The summed E-state index contributed by atoms with van der Waals surface area (Å²) in [6, 6.07) is 16.5. The summed E-state index contributed by atoms with van der Waals surface area (Å²) < 4.78 is 8.59. The maximum Gasteiger partial charge on any atom is 0.352 e. The van der Waals surface area contributed by atoms with Gasteiger partial charge in [0.25, 0.3) is 0 Å². The first kappa shape index (κ1) is 19.7. The minimum Gasteiger partial charge on any atom is -0.245 e. The lowest BCUT2D eigenvalue weighted by molar-refractivity contribution is 0.242. The third-order valence-corrected chi connectivity index (χ3v) is 8.20. The van der Waals surface area contributed by atoms with E-state index in [0.717, 1.165) is 0 Å². The summed E-state index contributed by atoms with van der Waals surface area (Å²) in [5.41, 5.74) is -0.456. The van der Waals surface area contributed by atoms with Gasteiger partial charge in [-0.1, -0.05) is 60.7 Å². The molecule has 0 saturated carbocycles. The standard InChI is InChI=1S/C26H20N6O4/c33-23-27(15-7-3-1-4-8-15)24(34)30-18-12-11-17(29(23)30)21(18)22-19-13-14-20(22)32-26(36)28(25(35)31(19)32)16-9-5-2-6-10-16/h1-14,17-22H. The average Bonchev–Trinajstić information content (AvgIpc) is 3.71. The molecule has 0 saturated heterocycles. The maximum atomic E-state index is 13.4. The summed E-state index contributed by atoms with van der Waals surface area (Å²) in [6.07, 6.45) is 7.90. The molecule has 0 spiro atoms. The quantitative estimate of drug-likeness (QED) is 0.411. The van der Waals surface area contributed by atoms with Gasteiger partial charge < -0.3 is 0 Å². The number of rotatable bonds is 3. The third-order valence-electron chi connectivity index (χ3n) is 8.20. The van der Waals surface area contributed by atoms with Crippen LogP contribution in [-0.4, -0.2) is 27.9 Å². The lowest BCUT2D eigenvalue weighted by atomic mass is 9.80. The van der Waals surface area contributed by atoms with Crippen molar-refractivity contribution in [3.63, 3.8) is 0 Å². The van der Waals surface area contributed by atoms with E-state index in [9.17, 15) is 19.2 Å². The molecule has 2 aliphatic heterocycles. The summed E-state index contributed by atoms with van der Waals surface area (Å²) in [5, 5.41) is 0. The Balaban J connectivity index is 1.23. The highest BCUT2D eigenvalue weighted by Gasteiger charge is 2.58. The zero-order valence-electron chi connectivity index (χ0n) is 18.9. The summed E-state index contributed by atoms with van der Waals surface area (Å²) >= 11 is 0. The van der Waals surface area contributed by atoms with E-state index in [-0.39, 0.29) is 58.8 Å². The van der Waals surface area contributed by atoms with Gasteiger partial charge in [-0.05, 0) is 24.3 Å². The number of fused-ring (bicyclic) bond motifs is 11. The molecule has 178 valence electrons. The first-order valence-electron chi connectivity index (χ1n) is 12.0. The van der Waals surface area contributed by atoms with Gasteiger partial charge in [-0.15, -0.1) is 0 Å². The number of hydrogen-bond acceptors (Lipinski definition) is 4. The molecule has 4 aromatic rings. The second-order valence-corrected chi connectivity index (χ2v) is 9.74. The molecular formula is C26H20N6O4. The molecule has 2 aliphatic carbocycles. The number of para-hydroxylation sites is 2. The molecule has 8 rings (SSSR count). The van der Waals surface area contributed by atoms with E-state index in [1.54, 1.807) is 67.3 Å². The van der Waals surface area contributed by atoms with Gasteiger partial charge in [0.1, 0.15) is 0 Å². The molecule has 36 heavy (non-hydrogen) atoms. The van der Waals surface area contributed by atoms with Crippen LogP contribution in [0.25, 0.3) is 11.4 Å². The monoisotopic (exact) mass is 480 g/mol. The van der Waals surface area contributed by atoms with Gasteiger partial charge in [-0.2, -0.15) is 0 Å². The predicted molar refractivity (Wildman–Crippen MR) is 130 cm³/mol. The van der Waals surface area contributed by atoms with Crippen LogP contribution in [0.2, 0.25) is 0 Å². The molecule has 2 aromatic carbocycles. The lowest BCUT2D eigenvalue weighted by Crippen LogP contribution is -2.36. The van der Waals surface area contributed by atoms with Crippen molar-refractivity contribution in [1.82, 2.24) is 27.9 Å².